The maximum atomic E-state index is 4.37. The van der Waals surface area contributed by atoms with Crippen molar-refractivity contribution >= 4 is 17.7 Å². The summed E-state index contributed by atoms with van der Waals surface area (Å²) in [6.07, 6.45) is 6.09. The molecule has 2 atom stereocenters. The summed E-state index contributed by atoms with van der Waals surface area (Å²) in [5.41, 5.74) is 0. The molecular weight excluding hydrogens is 294 g/mol. The van der Waals surface area contributed by atoms with Crippen molar-refractivity contribution in [2.24, 2.45) is 4.99 Å². The first-order valence-electron chi connectivity index (χ1n) is 8.69. The molecule has 2 aliphatic rings. The Bertz CT molecular complexity index is 341. The fourth-order valence-corrected chi connectivity index (χ4v) is 4.13. The van der Waals surface area contributed by atoms with E-state index < -0.39 is 0 Å². The van der Waals surface area contributed by atoms with Crippen molar-refractivity contribution < 1.29 is 0 Å². The van der Waals surface area contributed by atoms with Crippen LogP contribution in [-0.2, 0) is 0 Å². The third kappa shape index (κ3) is 5.63. The number of guanidine groups is 1. The molecule has 1 aliphatic heterocycles. The Hall–Kier alpha value is -0.460. The smallest absolute Gasteiger partial charge is 0.191 e. The van der Waals surface area contributed by atoms with Crippen LogP contribution < -0.4 is 10.6 Å². The van der Waals surface area contributed by atoms with Crippen LogP contribution in [0.5, 0.6) is 0 Å². The van der Waals surface area contributed by atoms with Crippen molar-refractivity contribution in [1.82, 2.24) is 20.4 Å². The van der Waals surface area contributed by atoms with Crippen LogP contribution in [0.15, 0.2) is 4.99 Å². The molecule has 0 aromatic carbocycles. The second-order valence-corrected chi connectivity index (χ2v) is 7.42. The Kier molecular flexibility index (Phi) is 7.83. The molecule has 6 heteroatoms. The predicted octanol–water partition coefficient (Wildman–Crippen LogP) is 1.07. The summed E-state index contributed by atoms with van der Waals surface area (Å²) in [5.74, 6) is 0.971. The maximum Gasteiger partial charge on any atom is 0.191 e. The molecule has 0 aromatic heterocycles. The molecule has 1 heterocycles. The SMILES string of the molecule is CCN1CCN(CCNC(=NC)NC2CCC(SC)C2)CC1. The molecule has 1 aliphatic carbocycles. The standard InChI is InChI=1S/C16H33N5S/c1-4-20-9-11-21(12-10-20)8-7-18-16(17-2)19-14-5-6-15(13-14)22-3/h14-15H,4-13H2,1-3H3,(H2,17,18,19). The quantitative estimate of drug-likeness (QED) is 0.564. The molecule has 22 heavy (non-hydrogen) atoms. The summed E-state index contributed by atoms with van der Waals surface area (Å²) < 4.78 is 0. The van der Waals surface area contributed by atoms with E-state index >= 15 is 0 Å². The van der Waals surface area contributed by atoms with E-state index in [9.17, 15) is 0 Å². The van der Waals surface area contributed by atoms with Crippen LogP contribution in [-0.4, -0.2) is 86.2 Å². The van der Waals surface area contributed by atoms with Crippen molar-refractivity contribution in [2.45, 2.75) is 37.5 Å². The highest BCUT2D eigenvalue weighted by Gasteiger charge is 2.24. The zero-order valence-corrected chi connectivity index (χ0v) is 15.3. The first kappa shape index (κ1) is 17.9. The van der Waals surface area contributed by atoms with Gasteiger partial charge in [-0.25, -0.2) is 0 Å². The monoisotopic (exact) mass is 327 g/mol. The van der Waals surface area contributed by atoms with E-state index in [-0.39, 0.29) is 0 Å². The number of hydrogen-bond acceptors (Lipinski definition) is 4. The molecule has 2 N–H and O–H groups in total. The topological polar surface area (TPSA) is 42.9 Å². The molecule has 128 valence electrons. The van der Waals surface area contributed by atoms with Crippen LogP contribution in [0.3, 0.4) is 0 Å². The van der Waals surface area contributed by atoms with Gasteiger partial charge in [-0.3, -0.25) is 9.89 Å². The Morgan fingerprint density at radius 1 is 1.18 bits per heavy atom. The third-order valence-electron chi connectivity index (χ3n) is 4.91. The number of thioether (sulfide) groups is 1. The summed E-state index contributed by atoms with van der Waals surface area (Å²) in [6, 6.07) is 0.594. The molecule has 2 fully saturated rings. The molecule has 0 amide bonds. The molecular formula is C16H33N5S. The average Bonchev–Trinajstić information content (AvgIpc) is 3.02. The molecule has 0 spiro atoms. The second kappa shape index (κ2) is 9.63. The fourth-order valence-electron chi connectivity index (χ4n) is 3.33. The van der Waals surface area contributed by atoms with E-state index in [0.29, 0.717) is 6.04 Å². The average molecular weight is 328 g/mol. The van der Waals surface area contributed by atoms with Crippen molar-refractivity contribution in [3.05, 3.63) is 0 Å². The van der Waals surface area contributed by atoms with E-state index in [1.54, 1.807) is 0 Å². The summed E-state index contributed by atoms with van der Waals surface area (Å²) in [5, 5.41) is 7.89. The van der Waals surface area contributed by atoms with E-state index in [4.69, 9.17) is 0 Å². The first-order chi connectivity index (χ1) is 10.7. The van der Waals surface area contributed by atoms with Gasteiger partial charge < -0.3 is 15.5 Å². The van der Waals surface area contributed by atoms with Crippen LogP contribution >= 0.6 is 11.8 Å². The molecule has 1 saturated carbocycles. The third-order valence-corrected chi connectivity index (χ3v) is 6.01. The minimum atomic E-state index is 0.594. The number of aliphatic imine (C=N–C) groups is 1. The first-order valence-corrected chi connectivity index (χ1v) is 9.98. The van der Waals surface area contributed by atoms with Gasteiger partial charge in [-0.15, -0.1) is 0 Å². The number of nitrogens with one attached hydrogen (secondary N) is 2. The fraction of sp³-hybridized carbons (Fsp3) is 0.938. The number of piperazine rings is 1. The number of nitrogens with zero attached hydrogens (tertiary/aromatic N) is 3. The molecule has 1 saturated heterocycles. The highest BCUT2D eigenvalue weighted by molar-refractivity contribution is 7.99. The van der Waals surface area contributed by atoms with Gasteiger partial charge in [0, 0.05) is 57.6 Å². The zero-order chi connectivity index (χ0) is 15.8. The van der Waals surface area contributed by atoms with Crippen LogP contribution in [0.2, 0.25) is 0 Å². The van der Waals surface area contributed by atoms with Crippen molar-refractivity contribution in [3.8, 4) is 0 Å². The largest absolute Gasteiger partial charge is 0.355 e. The van der Waals surface area contributed by atoms with Gasteiger partial charge in [-0.2, -0.15) is 11.8 Å². The van der Waals surface area contributed by atoms with Crippen molar-refractivity contribution in [2.75, 3.05) is 59.1 Å². The van der Waals surface area contributed by atoms with Gasteiger partial charge in [-0.05, 0) is 32.1 Å². The summed E-state index contributed by atoms with van der Waals surface area (Å²) in [4.78, 5) is 9.44. The maximum absolute atomic E-state index is 4.37. The van der Waals surface area contributed by atoms with Gasteiger partial charge in [0.15, 0.2) is 5.96 Å². The van der Waals surface area contributed by atoms with E-state index in [1.165, 1.54) is 52.0 Å². The van der Waals surface area contributed by atoms with E-state index in [0.717, 1.165) is 24.3 Å². The molecule has 5 nitrogen and oxygen atoms in total. The lowest BCUT2D eigenvalue weighted by Gasteiger charge is -2.34. The Morgan fingerprint density at radius 3 is 2.50 bits per heavy atom. The Morgan fingerprint density at radius 2 is 1.91 bits per heavy atom. The predicted molar refractivity (Wildman–Crippen MR) is 98.0 cm³/mol. The molecule has 0 aromatic rings. The van der Waals surface area contributed by atoms with Gasteiger partial charge in [-0.1, -0.05) is 6.92 Å². The highest BCUT2D eigenvalue weighted by atomic mass is 32.2. The lowest BCUT2D eigenvalue weighted by molar-refractivity contribution is 0.139. The van der Waals surface area contributed by atoms with E-state index in [2.05, 4.69) is 38.6 Å². The number of hydrogen-bond donors (Lipinski definition) is 2. The Balaban J connectivity index is 1.61. The summed E-state index contributed by atoms with van der Waals surface area (Å²) in [7, 11) is 1.87. The summed E-state index contributed by atoms with van der Waals surface area (Å²) in [6.45, 7) is 10.3. The molecule has 2 unspecified atom stereocenters. The normalized spacial score (nSPS) is 28.0. The minimum absolute atomic E-state index is 0.594. The minimum Gasteiger partial charge on any atom is -0.355 e. The highest BCUT2D eigenvalue weighted by Crippen LogP contribution is 2.27. The van der Waals surface area contributed by atoms with E-state index in [1.807, 2.05) is 18.8 Å². The van der Waals surface area contributed by atoms with Gasteiger partial charge in [0.2, 0.25) is 0 Å². The second-order valence-electron chi connectivity index (χ2n) is 6.29. The van der Waals surface area contributed by atoms with Crippen LogP contribution in [0.4, 0.5) is 0 Å². The molecule has 0 radical (unpaired) electrons. The molecule has 2 rings (SSSR count). The van der Waals surface area contributed by atoms with Gasteiger partial charge in [0.1, 0.15) is 0 Å². The number of rotatable bonds is 6. The van der Waals surface area contributed by atoms with Crippen LogP contribution in [0, 0.1) is 0 Å². The van der Waals surface area contributed by atoms with Crippen LogP contribution in [0.1, 0.15) is 26.2 Å². The van der Waals surface area contributed by atoms with Gasteiger partial charge >= 0.3 is 0 Å². The summed E-state index contributed by atoms with van der Waals surface area (Å²) >= 11 is 2.00. The van der Waals surface area contributed by atoms with Crippen LogP contribution in [0.25, 0.3) is 0 Å². The lowest BCUT2D eigenvalue weighted by Crippen LogP contribution is -2.49. The molecule has 0 bridgehead atoms. The van der Waals surface area contributed by atoms with Gasteiger partial charge in [0.25, 0.3) is 0 Å². The number of likely N-dealkylation sites (N-methyl/N-ethyl adjacent to an activating group) is 1. The zero-order valence-electron chi connectivity index (χ0n) is 14.5. The van der Waals surface area contributed by atoms with Crippen molar-refractivity contribution in [1.29, 1.82) is 0 Å². The van der Waals surface area contributed by atoms with Gasteiger partial charge in [0.05, 0.1) is 0 Å². The Labute approximate surface area is 140 Å². The lowest BCUT2D eigenvalue weighted by atomic mass is 10.2. The van der Waals surface area contributed by atoms with Crippen molar-refractivity contribution in [3.63, 3.8) is 0 Å².